The molecule has 0 fully saturated rings. The SMILES string of the molecule is O=C(CNc1cccc(Cl)c1Cl)c1ccc(Br)cc1. The molecule has 2 nitrogen and oxygen atoms in total. The first-order valence-corrected chi connectivity index (χ1v) is 7.09. The number of hydrogen-bond donors (Lipinski definition) is 1. The summed E-state index contributed by atoms with van der Waals surface area (Å²) in [5, 5.41) is 3.87. The van der Waals surface area contributed by atoms with Gasteiger partial charge in [0.05, 0.1) is 22.3 Å². The van der Waals surface area contributed by atoms with Crippen LogP contribution in [0, 0.1) is 0 Å². The normalized spacial score (nSPS) is 10.3. The highest BCUT2D eigenvalue weighted by molar-refractivity contribution is 9.10. The van der Waals surface area contributed by atoms with Gasteiger partial charge in [0.1, 0.15) is 0 Å². The second-order valence-electron chi connectivity index (χ2n) is 3.89. The van der Waals surface area contributed by atoms with Crippen molar-refractivity contribution in [3.8, 4) is 0 Å². The van der Waals surface area contributed by atoms with Crippen LogP contribution in [-0.2, 0) is 0 Å². The summed E-state index contributed by atoms with van der Waals surface area (Å²) in [4.78, 5) is 12.0. The molecule has 0 atom stereocenters. The van der Waals surface area contributed by atoms with E-state index < -0.39 is 0 Å². The molecule has 0 saturated heterocycles. The average molecular weight is 359 g/mol. The van der Waals surface area contributed by atoms with Crippen LogP contribution in [0.2, 0.25) is 10.0 Å². The molecule has 0 aliphatic heterocycles. The van der Waals surface area contributed by atoms with Gasteiger partial charge in [-0.15, -0.1) is 0 Å². The van der Waals surface area contributed by atoms with Crippen molar-refractivity contribution in [3.63, 3.8) is 0 Å². The molecule has 2 aromatic rings. The zero-order valence-electron chi connectivity index (χ0n) is 9.79. The summed E-state index contributed by atoms with van der Waals surface area (Å²) in [5.41, 5.74) is 1.30. The highest BCUT2D eigenvalue weighted by Gasteiger charge is 2.08. The van der Waals surface area contributed by atoms with Gasteiger partial charge < -0.3 is 5.32 Å². The molecule has 19 heavy (non-hydrogen) atoms. The largest absolute Gasteiger partial charge is 0.376 e. The highest BCUT2D eigenvalue weighted by Crippen LogP contribution is 2.29. The lowest BCUT2D eigenvalue weighted by molar-refractivity contribution is 0.101. The van der Waals surface area contributed by atoms with Gasteiger partial charge in [0.25, 0.3) is 0 Å². The second kappa shape index (κ2) is 6.42. The smallest absolute Gasteiger partial charge is 0.181 e. The van der Waals surface area contributed by atoms with E-state index in [0.29, 0.717) is 21.3 Å². The molecule has 0 unspecified atom stereocenters. The van der Waals surface area contributed by atoms with E-state index in [1.807, 2.05) is 12.1 Å². The predicted molar refractivity (Wildman–Crippen MR) is 83.4 cm³/mol. The molecule has 0 aliphatic rings. The van der Waals surface area contributed by atoms with Crippen molar-refractivity contribution in [2.45, 2.75) is 0 Å². The minimum atomic E-state index is -0.0106. The van der Waals surface area contributed by atoms with Crippen molar-refractivity contribution < 1.29 is 4.79 Å². The molecule has 1 N–H and O–H groups in total. The fraction of sp³-hybridized carbons (Fsp3) is 0.0714. The molecule has 0 saturated carbocycles. The van der Waals surface area contributed by atoms with Gasteiger partial charge in [-0.2, -0.15) is 0 Å². The molecular weight excluding hydrogens is 349 g/mol. The van der Waals surface area contributed by atoms with Crippen molar-refractivity contribution >= 4 is 50.6 Å². The average Bonchev–Trinajstić information content (AvgIpc) is 2.41. The van der Waals surface area contributed by atoms with Gasteiger partial charge >= 0.3 is 0 Å². The Balaban J connectivity index is 2.04. The van der Waals surface area contributed by atoms with Gasteiger partial charge in [-0.05, 0) is 24.3 Å². The number of benzene rings is 2. The molecule has 0 bridgehead atoms. The van der Waals surface area contributed by atoms with Crippen molar-refractivity contribution in [2.24, 2.45) is 0 Å². The van der Waals surface area contributed by atoms with E-state index in [4.69, 9.17) is 23.2 Å². The third-order valence-corrected chi connectivity index (χ3v) is 3.90. The molecular formula is C14H10BrCl2NO. The molecule has 0 heterocycles. The number of halogens is 3. The third kappa shape index (κ3) is 3.72. The standard InChI is InChI=1S/C14H10BrCl2NO/c15-10-6-4-9(5-7-10)13(19)8-18-12-3-1-2-11(16)14(12)17/h1-7,18H,8H2. The number of carbonyl (C=O) groups is 1. The van der Waals surface area contributed by atoms with Crippen molar-refractivity contribution in [3.05, 3.63) is 62.5 Å². The molecule has 0 aromatic heterocycles. The van der Waals surface area contributed by atoms with Gasteiger partial charge in [0, 0.05) is 10.0 Å². The Bertz CT molecular complexity index is 599. The van der Waals surface area contributed by atoms with Gasteiger partial charge in [-0.1, -0.05) is 57.3 Å². The Labute approximate surface area is 129 Å². The molecule has 0 aliphatic carbocycles. The van der Waals surface area contributed by atoms with Crippen molar-refractivity contribution in [1.82, 2.24) is 0 Å². The van der Waals surface area contributed by atoms with Crippen LogP contribution in [0.1, 0.15) is 10.4 Å². The zero-order chi connectivity index (χ0) is 13.8. The Kier molecular flexibility index (Phi) is 4.86. The number of carbonyl (C=O) groups excluding carboxylic acids is 1. The maximum Gasteiger partial charge on any atom is 0.181 e. The van der Waals surface area contributed by atoms with E-state index in [2.05, 4.69) is 21.2 Å². The first kappa shape index (κ1) is 14.4. The summed E-state index contributed by atoms with van der Waals surface area (Å²) in [6, 6.07) is 12.5. The van der Waals surface area contributed by atoms with Crippen LogP contribution in [0.15, 0.2) is 46.9 Å². The molecule has 0 amide bonds. The lowest BCUT2D eigenvalue weighted by Crippen LogP contribution is -2.14. The van der Waals surface area contributed by atoms with Gasteiger partial charge in [0.2, 0.25) is 0 Å². The summed E-state index contributed by atoms with van der Waals surface area (Å²) in [5.74, 6) is -0.0106. The molecule has 2 rings (SSSR count). The Morgan fingerprint density at radius 2 is 1.79 bits per heavy atom. The number of nitrogens with one attached hydrogen (secondary N) is 1. The number of rotatable bonds is 4. The van der Waals surface area contributed by atoms with Crippen LogP contribution in [0.25, 0.3) is 0 Å². The Morgan fingerprint density at radius 1 is 1.11 bits per heavy atom. The van der Waals surface area contributed by atoms with E-state index in [1.165, 1.54) is 0 Å². The fourth-order valence-corrected chi connectivity index (χ4v) is 2.19. The minimum Gasteiger partial charge on any atom is -0.376 e. The summed E-state index contributed by atoms with van der Waals surface area (Å²) in [7, 11) is 0. The van der Waals surface area contributed by atoms with E-state index in [1.54, 1.807) is 30.3 Å². The summed E-state index contributed by atoms with van der Waals surface area (Å²) in [6.07, 6.45) is 0. The van der Waals surface area contributed by atoms with Crippen molar-refractivity contribution in [2.75, 3.05) is 11.9 Å². The highest BCUT2D eigenvalue weighted by atomic mass is 79.9. The quantitative estimate of drug-likeness (QED) is 0.774. The number of Topliss-reactive ketones (excluding diaryl/α,β-unsaturated/α-hetero) is 1. The molecule has 5 heteroatoms. The van der Waals surface area contributed by atoms with E-state index >= 15 is 0 Å². The van der Waals surface area contributed by atoms with E-state index in [9.17, 15) is 4.79 Å². The molecule has 0 radical (unpaired) electrons. The summed E-state index contributed by atoms with van der Waals surface area (Å²) >= 11 is 15.3. The second-order valence-corrected chi connectivity index (χ2v) is 5.59. The van der Waals surface area contributed by atoms with Gasteiger partial charge in [-0.3, -0.25) is 4.79 Å². The number of anilines is 1. The van der Waals surface area contributed by atoms with Gasteiger partial charge in [-0.25, -0.2) is 0 Å². The lowest BCUT2D eigenvalue weighted by Gasteiger charge is -2.08. The van der Waals surface area contributed by atoms with Gasteiger partial charge in [0.15, 0.2) is 5.78 Å². The maximum atomic E-state index is 12.0. The predicted octanol–water partition coefficient (Wildman–Crippen LogP) is 5.05. The minimum absolute atomic E-state index is 0.0106. The van der Waals surface area contributed by atoms with Crippen LogP contribution < -0.4 is 5.32 Å². The molecule has 98 valence electrons. The maximum absolute atomic E-state index is 12.0. The van der Waals surface area contributed by atoms with Crippen LogP contribution >= 0.6 is 39.1 Å². The summed E-state index contributed by atoms with van der Waals surface area (Å²) in [6.45, 7) is 0.168. The first-order valence-electron chi connectivity index (χ1n) is 5.54. The third-order valence-electron chi connectivity index (χ3n) is 2.56. The van der Waals surface area contributed by atoms with E-state index in [0.717, 1.165) is 4.47 Å². The fourth-order valence-electron chi connectivity index (χ4n) is 1.55. The van der Waals surface area contributed by atoms with Crippen LogP contribution in [0.5, 0.6) is 0 Å². The van der Waals surface area contributed by atoms with Crippen LogP contribution in [-0.4, -0.2) is 12.3 Å². The van der Waals surface area contributed by atoms with E-state index in [-0.39, 0.29) is 12.3 Å². The first-order chi connectivity index (χ1) is 9.08. The monoisotopic (exact) mass is 357 g/mol. The van der Waals surface area contributed by atoms with Crippen LogP contribution in [0.3, 0.4) is 0 Å². The summed E-state index contributed by atoms with van der Waals surface area (Å²) < 4.78 is 0.940. The topological polar surface area (TPSA) is 29.1 Å². The Hall–Kier alpha value is -1.03. The molecule has 2 aromatic carbocycles. The molecule has 0 spiro atoms. The zero-order valence-corrected chi connectivity index (χ0v) is 12.9. The number of hydrogen-bond acceptors (Lipinski definition) is 2. The Morgan fingerprint density at radius 3 is 2.47 bits per heavy atom. The van der Waals surface area contributed by atoms with Crippen molar-refractivity contribution in [1.29, 1.82) is 0 Å². The lowest BCUT2D eigenvalue weighted by atomic mass is 10.1. The van der Waals surface area contributed by atoms with Crippen LogP contribution in [0.4, 0.5) is 5.69 Å². The number of ketones is 1.